The lowest BCUT2D eigenvalue weighted by atomic mass is 10.0. The molecular formula is C14H13F3N2O2S. The van der Waals surface area contributed by atoms with Crippen molar-refractivity contribution in [2.75, 3.05) is 10.5 Å². The van der Waals surface area contributed by atoms with Crippen molar-refractivity contribution < 1.29 is 21.6 Å². The highest BCUT2D eigenvalue weighted by Crippen LogP contribution is 2.25. The SMILES string of the molecule is Cc1ccncc1-c1ccc(NS(=O)(=O)CC(F)(F)F)cc1. The van der Waals surface area contributed by atoms with Crippen LogP contribution in [0.5, 0.6) is 0 Å². The van der Waals surface area contributed by atoms with Crippen LogP contribution in [0.4, 0.5) is 18.9 Å². The molecule has 0 bridgehead atoms. The largest absolute Gasteiger partial charge is 0.404 e. The van der Waals surface area contributed by atoms with Gasteiger partial charge in [-0.1, -0.05) is 12.1 Å². The fourth-order valence-corrected chi connectivity index (χ4v) is 2.91. The fourth-order valence-electron chi connectivity index (χ4n) is 1.92. The maximum atomic E-state index is 12.2. The van der Waals surface area contributed by atoms with Gasteiger partial charge in [-0.3, -0.25) is 9.71 Å². The number of alkyl halides is 3. The summed E-state index contributed by atoms with van der Waals surface area (Å²) in [5.41, 5.74) is 2.73. The van der Waals surface area contributed by atoms with E-state index in [9.17, 15) is 21.6 Å². The molecule has 1 N–H and O–H groups in total. The molecular weight excluding hydrogens is 317 g/mol. The molecule has 0 spiro atoms. The van der Waals surface area contributed by atoms with Gasteiger partial charge in [0.15, 0.2) is 5.75 Å². The molecule has 0 saturated heterocycles. The van der Waals surface area contributed by atoms with Gasteiger partial charge < -0.3 is 0 Å². The second-order valence-electron chi connectivity index (χ2n) is 4.74. The van der Waals surface area contributed by atoms with Crippen LogP contribution in [0, 0.1) is 6.92 Å². The van der Waals surface area contributed by atoms with Gasteiger partial charge in [-0.05, 0) is 36.2 Å². The van der Waals surface area contributed by atoms with Gasteiger partial charge in [-0.25, -0.2) is 8.42 Å². The van der Waals surface area contributed by atoms with Crippen molar-refractivity contribution in [1.82, 2.24) is 4.98 Å². The second kappa shape index (κ2) is 5.96. The van der Waals surface area contributed by atoms with Gasteiger partial charge >= 0.3 is 6.18 Å². The van der Waals surface area contributed by atoms with Crippen molar-refractivity contribution in [2.45, 2.75) is 13.1 Å². The third-order valence-electron chi connectivity index (χ3n) is 2.86. The number of anilines is 1. The summed E-state index contributed by atoms with van der Waals surface area (Å²) in [7, 11) is -4.47. The topological polar surface area (TPSA) is 59.1 Å². The van der Waals surface area contributed by atoms with Crippen LogP contribution in [0.1, 0.15) is 5.56 Å². The number of nitrogens with zero attached hydrogens (tertiary/aromatic N) is 1. The Morgan fingerprint density at radius 2 is 1.77 bits per heavy atom. The van der Waals surface area contributed by atoms with Crippen molar-refractivity contribution >= 4 is 15.7 Å². The Labute approximate surface area is 126 Å². The summed E-state index contributed by atoms with van der Waals surface area (Å²) in [6, 6.07) is 7.89. The highest BCUT2D eigenvalue weighted by atomic mass is 32.2. The number of hydrogen-bond acceptors (Lipinski definition) is 3. The third-order valence-corrected chi connectivity index (χ3v) is 4.12. The van der Waals surface area contributed by atoms with Gasteiger partial charge in [0, 0.05) is 23.6 Å². The van der Waals surface area contributed by atoms with E-state index < -0.39 is 22.0 Å². The van der Waals surface area contributed by atoms with Crippen LogP contribution in [-0.2, 0) is 10.0 Å². The van der Waals surface area contributed by atoms with Gasteiger partial charge in [0.1, 0.15) is 0 Å². The lowest BCUT2D eigenvalue weighted by Crippen LogP contribution is -2.27. The average Bonchev–Trinajstić information content (AvgIpc) is 2.37. The summed E-state index contributed by atoms with van der Waals surface area (Å²) in [6.07, 6.45) is -1.46. The molecule has 0 amide bonds. The first-order valence-corrected chi connectivity index (χ1v) is 7.90. The molecule has 0 aliphatic carbocycles. The molecule has 0 atom stereocenters. The molecule has 22 heavy (non-hydrogen) atoms. The minimum Gasteiger partial charge on any atom is -0.283 e. The number of hydrogen-bond donors (Lipinski definition) is 1. The van der Waals surface area contributed by atoms with Crippen LogP contribution < -0.4 is 4.72 Å². The van der Waals surface area contributed by atoms with Crippen LogP contribution in [0.3, 0.4) is 0 Å². The summed E-state index contributed by atoms with van der Waals surface area (Å²) in [6.45, 7) is 1.90. The average molecular weight is 330 g/mol. The first kappa shape index (κ1) is 16.3. The normalized spacial score (nSPS) is 12.2. The number of aromatic nitrogens is 1. The summed E-state index contributed by atoms with van der Waals surface area (Å²) >= 11 is 0. The summed E-state index contributed by atoms with van der Waals surface area (Å²) < 4.78 is 61.1. The van der Waals surface area contributed by atoms with Gasteiger partial charge in [0.2, 0.25) is 10.0 Å². The number of pyridine rings is 1. The number of aryl methyl sites for hydroxylation is 1. The molecule has 1 aromatic heterocycles. The second-order valence-corrected chi connectivity index (χ2v) is 6.47. The number of sulfonamides is 1. The minimum absolute atomic E-state index is 0.0783. The Morgan fingerprint density at radius 1 is 1.14 bits per heavy atom. The van der Waals surface area contributed by atoms with Crippen molar-refractivity contribution in [2.24, 2.45) is 0 Å². The van der Waals surface area contributed by atoms with Crippen LogP contribution in [0.25, 0.3) is 11.1 Å². The van der Waals surface area contributed by atoms with Crippen LogP contribution >= 0.6 is 0 Å². The number of rotatable bonds is 4. The van der Waals surface area contributed by atoms with E-state index in [-0.39, 0.29) is 5.69 Å². The molecule has 118 valence electrons. The van der Waals surface area contributed by atoms with E-state index in [2.05, 4.69) is 4.98 Å². The molecule has 0 aliphatic rings. The number of halogens is 3. The van der Waals surface area contributed by atoms with Crippen LogP contribution in [0.2, 0.25) is 0 Å². The van der Waals surface area contributed by atoms with E-state index in [1.54, 1.807) is 24.5 Å². The van der Waals surface area contributed by atoms with Gasteiger partial charge in [-0.2, -0.15) is 13.2 Å². The predicted octanol–water partition coefficient (Wildman–Crippen LogP) is 3.36. The monoisotopic (exact) mass is 330 g/mol. The Kier molecular flexibility index (Phi) is 4.41. The molecule has 2 rings (SSSR count). The zero-order chi connectivity index (χ0) is 16.4. The van der Waals surface area contributed by atoms with E-state index in [1.807, 2.05) is 17.7 Å². The molecule has 0 unspecified atom stereocenters. The molecule has 0 radical (unpaired) electrons. The third kappa shape index (κ3) is 4.45. The Hall–Kier alpha value is -2.09. The number of benzene rings is 1. The first-order valence-electron chi connectivity index (χ1n) is 6.25. The molecule has 1 heterocycles. The predicted molar refractivity (Wildman–Crippen MR) is 77.9 cm³/mol. The molecule has 8 heteroatoms. The highest BCUT2D eigenvalue weighted by molar-refractivity contribution is 7.92. The molecule has 0 aliphatic heterocycles. The summed E-state index contributed by atoms with van der Waals surface area (Å²) in [5, 5.41) is 0. The quantitative estimate of drug-likeness (QED) is 0.935. The van der Waals surface area contributed by atoms with E-state index in [4.69, 9.17) is 0 Å². The maximum Gasteiger partial charge on any atom is 0.404 e. The summed E-state index contributed by atoms with van der Waals surface area (Å²) in [4.78, 5) is 4.01. The van der Waals surface area contributed by atoms with E-state index in [0.29, 0.717) is 0 Å². The Morgan fingerprint density at radius 3 is 2.32 bits per heavy atom. The molecule has 2 aromatic rings. The van der Waals surface area contributed by atoms with E-state index >= 15 is 0 Å². The van der Waals surface area contributed by atoms with Crippen molar-refractivity contribution in [3.05, 3.63) is 48.3 Å². The molecule has 0 saturated carbocycles. The maximum absolute atomic E-state index is 12.2. The highest BCUT2D eigenvalue weighted by Gasteiger charge is 2.35. The zero-order valence-corrected chi connectivity index (χ0v) is 12.4. The number of nitrogens with one attached hydrogen (secondary N) is 1. The zero-order valence-electron chi connectivity index (χ0n) is 11.6. The lowest BCUT2D eigenvalue weighted by molar-refractivity contribution is -0.106. The van der Waals surface area contributed by atoms with Crippen molar-refractivity contribution in [3.8, 4) is 11.1 Å². The van der Waals surface area contributed by atoms with Crippen LogP contribution in [0.15, 0.2) is 42.7 Å². The molecule has 0 fully saturated rings. The minimum atomic E-state index is -4.78. The van der Waals surface area contributed by atoms with E-state index in [1.165, 1.54) is 12.1 Å². The lowest BCUT2D eigenvalue weighted by Gasteiger charge is -2.11. The smallest absolute Gasteiger partial charge is 0.283 e. The van der Waals surface area contributed by atoms with Gasteiger partial charge in [0.05, 0.1) is 0 Å². The Balaban J connectivity index is 2.18. The standard InChI is InChI=1S/C14H13F3N2O2S/c1-10-6-7-18-8-13(10)11-2-4-12(5-3-11)19-22(20,21)9-14(15,16)17/h2-8,19H,9H2,1H3. The van der Waals surface area contributed by atoms with Crippen molar-refractivity contribution in [3.63, 3.8) is 0 Å². The first-order chi connectivity index (χ1) is 10.2. The van der Waals surface area contributed by atoms with E-state index in [0.717, 1.165) is 16.7 Å². The van der Waals surface area contributed by atoms with Crippen LogP contribution in [-0.4, -0.2) is 25.3 Å². The summed E-state index contributed by atoms with van der Waals surface area (Å²) in [5.74, 6) is -1.91. The fraction of sp³-hybridized carbons (Fsp3) is 0.214. The van der Waals surface area contributed by atoms with Crippen molar-refractivity contribution in [1.29, 1.82) is 0 Å². The van der Waals surface area contributed by atoms with Gasteiger partial charge in [0.25, 0.3) is 0 Å². The Bertz CT molecular complexity index is 756. The van der Waals surface area contributed by atoms with Gasteiger partial charge in [-0.15, -0.1) is 0 Å². The molecule has 1 aromatic carbocycles. The molecule has 4 nitrogen and oxygen atoms in total.